The fraction of sp³-hybridized carbons (Fsp3) is 0.458. The molecule has 4 rings (SSSR count). The van der Waals surface area contributed by atoms with Gasteiger partial charge in [-0.15, -0.1) is 0 Å². The van der Waals surface area contributed by atoms with Crippen molar-refractivity contribution in [1.82, 2.24) is 4.90 Å². The van der Waals surface area contributed by atoms with Gasteiger partial charge in [-0.2, -0.15) is 0 Å². The van der Waals surface area contributed by atoms with Crippen LogP contribution in [0.4, 0.5) is 4.39 Å². The zero-order valence-corrected chi connectivity index (χ0v) is 17.3. The van der Waals surface area contributed by atoms with E-state index in [9.17, 15) is 9.18 Å². The lowest BCUT2D eigenvalue weighted by atomic mass is 9.63. The van der Waals surface area contributed by atoms with E-state index < -0.39 is 12.1 Å². The summed E-state index contributed by atoms with van der Waals surface area (Å²) in [4.78, 5) is 15.7. The summed E-state index contributed by atoms with van der Waals surface area (Å²) in [6.45, 7) is 0.551. The molecule has 0 spiro atoms. The van der Waals surface area contributed by atoms with Crippen LogP contribution in [0, 0.1) is 5.92 Å². The second-order valence-electron chi connectivity index (χ2n) is 8.19. The maximum atomic E-state index is 13.8. The Labute approximate surface area is 176 Å². The van der Waals surface area contributed by atoms with Gasteiger partial charge in [0, 0.05) is 17.5 Å². The van der Waals surface area contributed by atoms with Crippen molar-refractivity contribution < 1.29 is 13.9 Å². The molecule has 0 aromatic heterocycles. The van der Waals surface area contributed by atoms with Crippen LogP contribution in [0.2, 0.25) is 5.02 Å². The molecule has 2 unspecified atom stereocenters. The molecule has 1 saturated carbocycles. The quantitative estimate of drug-likeness (QED) is 0.630. The number of ether oxygens (including phenoxy) is 1. The Morgan fingerprint density at radius 3 is 2.45 bits per heavy atom. The summed E-state index contributed by atoms with van der Waals surface area (Å²) in [6, 6.07) is 16.9. The van der Waals surface area contributed by atoms with Crippen molar-refractivity contribution in [3.63, 3.8) is 0 Å². The molecule has 2 aliphatic rings. The smallest absolute Gasteiger partial charge is 0.233 e. The number of nitrogens with zero attached hydrogens (tertiary/aromatic N) is 1. The monoisotopic (exact) mass is 415 g/mol. The van der Waals surface area contributed by atoms with E-state index in [1.165, 1.54) is 0 Å². The Kier molecular flexibility index (Phi) is 6.09. The molecule has 2 aromatic rings. The molecule has 1 aliphatic heterocycles. The third kappa shape index (κ3) is 4.00. The predicted octanol–water partition coefficient (Wildman–Crippen LogP) is 5.42. The number of hydrogen-bond donors (Lipinski definition) is 0. The Bertz CT molecular complexity index is 823. The average molecular weight is 416 g/mol. The highest BCUT2D eigenvalue weighted by Crippen LogP contribution is 2.46. The van der Waals surface area contributed by atoms with Gasteiger partial charge in [0.05, 0.1) is 18.1 Å². The number of likely N-dealkylation sites (tertiary alicyclic amines) is 1. The van der Waals surface area contributed by atoms with Crippen molar-refractivity contribution >= 4 is 17.5 Å². The summed E-state index contributed by atoms with van der Waals surface area (Å²) in [5, 5.41) is 0.667. The number of carbonyl (C=O) groups is 1. The highest BCUT2D eigenvalue weighted by molar-refractivity contribution is 6.30. The zero-order valence-electron chi connectivity index (χ0n) is 16.5. The first-order valence-corrected chi connectivity index (χ1v) is 10.8. The van der Waals surface area contributed by atoms with E-state index in [1.54, 1.807) is 0 Å². The minimum atomic E-state index is -0.506. The van der Waals surface area contributed by atoms with Gasteiger partial charge >= 0.3 is 0 Å². The van der Waals surface area contributed by atoms with Crippen LogP contribution in [0.5, 0.6) is 5.75 Å². The summed E-state index contributed by atoms with van der Waals surface area (Å²) in [5.74, 6) is 0.684. The molecule has 2 fully saturated rings. The number of amides is 1. The number of hydrogen-bond acceptors (Lipinski definition) is 2. The standard InChI is InChI=1S/C24H27ClFNO2/c25-20-11-9-19(10-12-20)24(13-5-14-24)23(28)27-15-4-6-18(16-26)22(27)17-29-21-7-2-1-3-8-21/h1-3,7-12,18,22H,4-6,13-17H2. The fourth-order valence-corrected chi connectivity index (χ4v) is 4.82. The van der Waals surface area contributed by atoms with Crippen molar-refractivity contribution in [2.75, 3.05) is 19.8 Å². The number of benzene rings is 2. The summed E-state index contributed by atoms with van der Waals surface area (Å²) >= 11 is 6.06. The van der Waals surface area contributed by atoms with Gasteiger partial charge in [-0.1, -0.05) is 48.4 Å². The minimum absolute atomic E-state index is 0.117. The molecule has 154 valence electrons. The molecule has 29 heavy (non-hydrogen) atoms. The summed E-state index contributed by atoms with van der Waals surface area (Å²) in [5.41, 5.74) is 0.511. The number of rotatable bonds is 6. The fourth-order valence-electron chi connectivity index (χ4n) is 4.69. The number of halogens is 2. The third-order valence-electron chi connectivity index (χ3n) is 6.55. The molecule has 1 saturated heterocycles. The Balaban J connectivity index is 1.57. The second kappa shape index (κ2) is 8.74. The van der Waals surface area contributed by atoms with Gasteiger partial charge in [-0.05, 0) is 55.5 Å². The number of carbonyl (C=O) groups excluding carboxylic acids is 1. The molecular formula is C24H27ClFNO2. The number of alkyl halides is 1. The van der Waals surface area contributed by atoms with Crippen LogP contribution >= 0.6 is 11.6 Å². The maximum Gasteiger partial charge on any atom is 0.233 e. The third-order valence-corrected chi connectivity index (χ3v) is 6.81. The first-order valence-electron chi connectivity index (χ1n) is 10.4. The molecular weight excluding hydrogens is 389 g/mol. The minimum Gasteiger partial charge on any atom is -0.491 e. The van der Waals surface area contributed by atoms with Crippen LogP contribution in [0.15, 0.2) is 54.6 Å². The van der Waals surface area contributed by atoms with E-state index in [4.69, 9.17) is 16.3 Å². The molecule has 0 bridgehead atoms. The van der Waals surface area contributed by atoms with Crippen LogP contribution in [0.1, 0.15) is 37.7 Å². The number of piperidine rings is 1. The first-order chi connectivity index (χ1) is 14.1. The normalized spacial score (nSPS) is 23.3. The zero-order chi connectivity index (χ0) is 20.3. The number of para-hydroxylation sites is 1. The summed E-state index contributed by atoms with van der Waals surface area (Å²) in [6.07, 6.45) is 4.31. The van der Waals surface area contributed by atoms with Crippen LogP contribution in [0.3, 0.4) is 0 Å². The van der Waals surface area contributed by atoms with Crippen molar-refractivity contribution in [2.24, 2.45) is 5.92 Å². The Morgan fingerprint density at radius 1 is 1.10 bits per heavy atom. The lowest BCUT2D eigenvalue weighted by Crippen LogP contribution is -2.59. The van der Waals surface area contributed by atoms with E-state index in [0.29, 0.717) is 18.2 Å². The van der Waals surface area contributed by atoms with Crippen LogP contribution in [-0.2, 0) is 10.2 Å². The largest absolute Gasteiger partial charge is 0.491 e. The molecule has 0 N–H and O–H groups in total. The molecule has 2 atom stereocenters. The van der Waals surface area contributed by atoms with E-state index in [0.717, 1.165) is 43.4 Å². The van der Waals surface area contributed by atoms with Gasteiger partial charge in [0.25, 0.3) is 0 Å². The van der Waals surface area contributed by atoms with Crippen LogP contribution in [-0.4, -0.2) is 36.7 Å². The van der Waals surface area contributed by atoms with E-state index in [-0.39, 0.29) is 17.9 Å². The highest BCUT2D eigenvalue weighted by atomic mass is 35.5. The molecule has 1 amide bonds. The van der Waals surface area contributed by atoms with Crippen molar-refractivity contribution in [2.45, 2.75) is 43.6 Å². The summed E-state index contributed by atoms with van der Waals surface area (Å²) < 4.78 is 19.8. The lowest BCUT2D eigenvalue weighted by molar-refractivity contribution is -0.147. The highest BCUT2D eigenvalue weighted by Gasteiger charge is 2.50. The van der Waals surface area contributed by atoms with E-state index >= 15 is 0 Å². The molecule has 0 radical (unpaired) electrons. The van der Waals surface area contributed by atoms with Gasteiger partial charge in [0.1, 0.15) is 12.4 Å². The first kappa shape index (κ1) is 20.2. The molecule has 1 heterocycles. The molecule has 1 aliphatic carbocycles. The topological polar surface area (TPSA) is 29.5 Å². The maximum absolute atomic E-state index is 13.8. The van der Waals surface area contributed by atoms with Crippen molar-refractivity contribution in [3.05, 3.63) is 65.2 Å². The second-order valence-corrected chi connectivity index (χ2v) is 8.63. The molecule has 5 heteroatoms. The van der Waals surface area contributed by atoms with Gasteiger partial charge in [0.15, 0.2) is 0 Å². The Morgan fingerprint density at radius 2 is 1.83 bits per heavy atom. The molecule has 2 aromatic carbocycles. The SMILES string of the molecule is O=C(N1CCCC(CF)C1COc1ccccc1)C1(c2ccc(Cl)cc2)CCC1. The van der Waals surface area contributed by atoms with Gasteiger partial charge in [-0.3, -0.25) is 9.18 Å². The average Bonchev–Trinajstić information content (AvgIpc) is 2.73. The molecule has 3 nitrogen and oxygen atoms in total. The van der Waals surface area contributed by atoms with E-state index in [2.05, 4.69) is 0 Å². The van der Waals surface area contributed by atoms with Crippen molar-refractivity contribution in [3.8, 4) is 5.75 Å². The Hall–Kier alpha value is -2.07. The van der Waals surface area contributed by atoms with Gasteiger partial charge in [-0.25, -0.2) is 0 Å². The summed E-state index contributed by atoms with van der Waals surface area (Å²) in [7, 11) is 0. The lowest BCUT2D eigenvalue weighted by Gasteiger charge is -2.48. The van der Waals surface area contributed by atoms with E-state index in [1.807, 2.05) is 59.5 Å². The van der Waals surface area contributed by atoms with Gasteiger partial charge in [0.2, 0.25) is 5.91 Å². The van der Waals surface area contributed by atoms with Crippen molar-refractivity contribution in [1.29, 1.82) is 0 Å². The predicted molar refractivity (Wildman–Crippen MR) is 113 cm³/mol. The van der Waals surface area contributed by atoms with Gasteiger partial charge < -0.3 is 9.64 Å². The van der Waals surface area contributed by atoms with Crippen LogP contribution < -0.4 is 4.74 Å². The van der Waals surface area contributed by atoms with Crippen LogP contribution in [0.25, 0.3) is 0 Å².